The van der Waals surface area contributed by atoms with Gasteiger partial charge in [-0.25, -0.2) is 0 Å². The lowest BCUT2D eigenvalue weighted by atomic mass is 9.95. The third-order valence-corrected chi connectivity index (χ3v) is 2.55. The van der Waals surface area contributed by atoms with Crippen molar-refractivity contribution in [3.63, 3.8) is 0 Å². The summed E-state index contributed by atoms with van der Waals surface area (Å²) >= 11 is 0. The van der Waals surface area contributed by atoms with Gasteiger partial charge in [0.1, 0.15) is 0 Å². The fourth-order valence-electron chi connectivity index (χ4n) is 1.64. The molecule has 0 aromatic rings. The Hall–Kier alpha value is -0.610. The fourth-order valence-corrected chi connectivity index (χ4v) is 1.64. The Kier molecular flexibility index (Phi) is 4.35. The summed E-state index contributed by atoms with van der Waals surface area (Å²) in [7, 11) is 1.41. The lowest BCUT2D eigenvalue weighted by molar-refractivity contribution is -0.140. The van der Waals surface area contributed by atoms with Crippen LogP contribution >= 0.6 is 0 Å². The molecular formula is C10H19NO3. The average Bonchev–Trinajstić information content (AvgIpc) is 2.18. The fraction of sp³-hybridized carbons (Fsp3) is 0.900. The van der Waals surface area contributed by atoms with E-state index in [9.17, 15) is 4.79 Å². The molecule has 1 aliphatic rings. The predicted molar refractivity (Wildman–Crippen MR) is 53.1 cm³/mol. The molecule has 1 aliphatic heterocycles. The van der Waals surface area contributed by atoms with Gasteiger partial charge in [-0.05, 0) is 19.8 Å². The van der Waals surface area contributed by atoms with E-state index < -0.39 is 0 Å². The van der Waals surface area contributed by atoms with Gasteiger partial charge in [0.05, 0.1) is 20.1 Å². The molecule has 1 rings (SSSR count). The Bertz CT molecular complexity index is 188. The van der Waals surface area contributed by atoms with Crippen molar-refractivity contribution in [2.45, 2.75) is 31.7 Å². The first-order valence-corrected chi connectivity index (χ1v) is 5.06. The number of carbonyl (C=O) groups excluding carboxylic acids is 1. The van der Waals surface area contributed by atoms with Crippen molar-refractivity contribution in [3.05, 3.63) is 0 Å². The maximum Gasteiger partial charge on any atom is 0.306 e. The Morgan fingerprint density at radius 1 is 1.64 bits per heavy atom. The molecule has 0 amide bonds. The number of hydrogen-bond acceptors (Lipinski definition) is 4. The van der Waals surface area contributed by atoms with E-state index in [0.717, 1.165) is 26.1 Å². The van der Waals surface area contributed by atoms with E-state index in [2.05, 4.69) is 17.0 Å². The predicted octanol–water partition coefficient (Wildman–Crippen LogP) is 0.708. The van der Waals surface area contributed by atoms with Gasteiger partial charge >= 0.3 is 5.97 Å². The third-order valence-electron chi connectivity index (χ3n) is 2.55. The van der Waals surface area contributed by atoms with Gasteiger partial charge in [0.25, 0.3) is 0 Å². The first-order chi connectivity index (χ1) is 6.66. The van der Waals surface area contributed by atoms with E-state index in [1.807, 2.05) is 0 Å². The highest BCUT2D eigenvalue weighted by atomic mass is 16.5. The lowest BCUT2D eigenvalue weighted by Crippen LogP contribution is -2.49. The van der Waals surface area contributed by atoms with E-state index in [-0.39, 0.29) is 11.5 Å². The zero-order chi connectivity index (χ0) is 10.4. The van der Waals surface area contributed by atoms with Crippen molar-refractivity contribution in [2.75, 3.05) is 26.9 Å². The topological polar surface area (TPSA) is 47.6 Å². The molecule has 14 heavy (non-hydrogen) atoms. The van der Waals surface area contributed by atoms with Crippen LogP contribution in [0.15, 0.2) is 0 Å². The number of carbonyl (C=O) groups is 1. The number of rotatable bonds is 4. The van der Waals surface area contributed by atoms with Crippen LogP contribution in [0.2, 0.25) is 0 Å². The highest BCUT2D eigenvalue weighted by molar-refractivity contribution is 5.69. The molecule has 0 spiro atoms. The molecule has 0 saturated carbocycles. The second-order valence-electron chi connectivity index (χ2n) is 3.97. The van der Waals surface area contributed by atoms with E-state index in [4.69, 9.17) is 4.74 Å². The van der Waals surface area contributed by atoms with Crippen LogP contribution in [0.25, 0.3) is 0 Å². The van der Waals surface area contributed by atoms with Crippen molar-refractivity contribution in [2.24, 2.45) is 0 Å². The van der Waals surface area contributed by atoms with Crippen LogP contribution in [-0.4, -0.2) is 38.4 Å². The molecule has 1 heterocycles. The van der Waals surface area contributed by atoms with Gasteiger partial charge in [-0.2, -0.15) is 0 Å². The number of hydrogen-bond donors (Lipinski definition) is 1. The molecular weight excluding hydrogens is 182 g/mol. The van der Waals surface area contributed by atoms with Crippen molar-refractivity contribution < 1.29 is 14.3 Å². The molecule has 4 heteroatoms. The molecule has 4 nitrogen and oxygen atoms in total. The molecule has 0 aromatic carbocycles. The molecule has 82 valence electrons. The maximum absolute atomic E-state index is 10.9. The first kappa shape index (κ1) is 11.5. The van der Waals surface area contributed by atoms with E-state index in [1.54, 1.807) is 0 Å². The summed E-state index contributed by atoms with van der Waals surface area (Å²) in [4.78, 5) is 10.9. The first-order valence-electron chi connectivity index (χ1n) is 5.06. The summed E-state index contributed by atoms with van der Waals surface area (Å²) in [6.45, 7) is 4.37. The summed E-state index contributed by atoms with van der Waals surface area (Å²) in [6, 6.07) is 0. The van der Waals surface area contributed by atoms with Gasteiger partial charge < -0.3 is 14.8 Å². The molecule has 1 saturated heterocycles. The van der Waals surface area contributed by atoms with E-state index in [1.165, 1.54) is 7.11 Å². The molecule has 0 bridgehead atoms. The van der Waals surface area contributed by atoms with E-state index in [0.29, 0.717) is 13.0 Å². The van der Waals surface area contributed by atoms with Gasteiger partial charge in [-0.3, -0.25) is 4.79 Å². The van der Waals surface area contributed by atoms with Crippen LogP contribution in [0.3, 0.4) is 0 Å². The minimum absolute atomic E-state index is 0.0340. The Morgan fingerprint density at radius 3 is 3.00 bits per heavy atom. The summed E-state index contributed by atoms with van der Waals surface area (Å²) in [5.74, 6) is -0.169. The molecule has 1 unspecified atom stereocenters. The smallest absolute Gasteiger partial charge is 0.306 e. The summed E-state index contributed by atoms with van der Waals surface area (Å²) in [5, 5.41) is 3.34. The monoisotopic (exact) mass is 201 g/mol. The number of ether oxygens (including phenoxy) is 2. The number of methoxy groups -OCH3 is 1. The summed E-state index contributed by atoms with van der Waals surface area (Å²) in [5.41, 5.74) is 0.0340. The number of nitrogens with one attached hydrogen (secondary N) is 1. The van der Waals surface area contributed by atoms with Gasteiger partial charge in [-0.1, -0.05) is 0 Å². The largest absolute Gasteiger partial charge is 0.469 e. The number of esters is 1. The van der Waals surface area contributed by atoms with Gasteiger partial charge in [-0.15, -0.1) is 0 Å². The van der Waals surface area contributed by atoms with Crippen molar-refractivity contribution in [1.29, 1.82) is 0 Å². The Balaban J connectivity index is 2.18. The molecule has 1 fully saturated rings. The summed E-state index contributed by atoms with van der Waals surface area (Å²) in [6.07, 6.45) is 2.61. The average molecular weight is 201 g/mol. The van der Waals surface area contributed by atoms with Crippen LogP contribution in [0.4, 0.5) is 0 Å². The van der Waals surface area contributed by atoms with Crippen LogP contribution in [0.5, 0.6) is 0 Å². The molecule has 1 N–H and O–H groups in total. The SMILES string of the molecule is COC(=O)CCNC1(C)CCCOC1. The quantitative estimate of drug-likeness (QED) is 0.680. The van der Waals surface area contributed by atoms with Crippen molar-refractivity contribution in [3.8, 4) is 0 Å². The molecule has 0 aromatic heterocycles. The summed E-state index contributed by atoms with van der Waals surface area (Å²) < 4.78 is 9.95. The van der Waals surface area contributed by atoms with Gasteiger partial charge in [0.2, 0.25) is 0 Å². The minimum atomic E-state index is -0.169. The Labute approximate surface area is 85.0 Å². The zero-order valence-corrected chi connectivity index (χ0v) is 8.97. The lowest BCUT2D eigenvalue weighted by Gasteiger charge is -2.34. The van der Waals surface area contributed by atoms with Gasteiger partial charge in [0, 0.05) is 18.7 Å². The third kappa shape index (κ3) is 3.64. The maximum atomic E-state index is 10.9. The highest BCUT2D eigenvalue weighted by Crippen LogP contribution is 2.17. The van der Waals surface area contributed by atoms with E-state index >= 15 is 0 Å². The zero-order valence-electron chi connectivity index (χ0n) is 8.97. The normalized spacial score (nSPS) is 27.3. The standard InChI is InChI=1S/C10H19NO3/c1-10(5-3-7-14-8-10)11-6-4-9(12)13-2/h11H,3-8H2,1-2H3. The minimum Gasteiger partial charge on any atom is -0.469 e. The van der Waals surface area contributed by atoms with Gasteiger partial charge in [0.15, 0.2) is 0 Å². The van der Waals surface area contributed by atoms with Crippen molar-refractivity contribution >= 4 is 5.97 Å². The molecule has 0 aliphatic carbocycles. The van der Waals surface area contributed by atoms with Crippen LogP contribution < -0.4 is 5.32 Å². The second kappa shape index (κ2) is 5.32. The van der Waals surface area contributed by atoms with Crippen molar-refractivity contribution in [1.82, 2.24) is 5.32 Å². The second-order valence-corrected chi connectivity index (χ2v) is 3.97. The Morgan fingerprint density at radius 2 is 2.43 bits per heavy atom. The molecule has 0 radical (unpaired) electrons. The van der Waals surface area contributed by atoms with Crippen LogP contribution in [0.1, 0.15) is 26.2 Å². The molecule has 1 atom stereocenters. The van der Waals surface area contributed by atoms with Crippen LogP contribution in [-0.2, 0) is 14.3 Å². The highest BCUT2D eigenvalue weighted by Gasteiger charge is 2.26. The van der Waals surface area contributed by atoms with Crippen LogP contribution in [0, 0.1) is 0 Å².